The molecule has 0 saturated carbocycles. The molecule has 0 aliphatic heterocycles. The van der Waals surface area contributed by atoms with Crippen molar-refractivity contribution in [2.45, 2.75) is 38.3 Å². The average Bonchev–Trinajstić information content (AvgIpc) is 3.38. The minimum absolute atomic E-state index is 0.0197. The van der Waals surface area contributed by atoms with Crippen molar-refractivity contribution in [2.75, 3.05) is 34.4 Å². The maximum Gasteiger partial charge on any atom is 0.333 e. The number of urea groups is 1. The number of halogens is 1. The zero-order valence-corrected chi connectivity index (χ0v) is 25.8. The summed E-state index contributed by atoms with van der Waals surface area (Å²) in [7, 11) is -2.49. The molecule has 3 rings (SSSR count). The Labute approximate surface area is 249 Å². The Hall–Kier alpha value is -3.87. The van der Waals surface area contributed by atoms with Gasteiger partial charge < -0.3 is 20.9 Å². The molecule has 1 heterocycles. The van der Waals surface area contributed by atoms with E-state index in [2.05, 4.69) is 16.0 Å². The van der Waals surface area contributed by atoms with E-state index < -0.39 is 22.0 Å². The molecular weight excluding hydrogens is 586 g/mol. The molecule has 2 aromatic carbocycles. The minimum Gasteiger partial charge on any atom is -0.385 e. The van der Waals surface area contributed by atoms with Crippen LogP contribution in [-0.4, -0.2) is 40.4 Å². The van der Waals surface area contributed by atoms with Gasteiger partial charge in [0.25, 0.3) is 15.9 Å². The topological polar surface area (TPSA) is 137 Å². The first-order chi connectivity index (χ1) is 19.5. The van der Waals surface area contributed by atoms with E-state index in [0.29, 0.717) is 17.8 Å². The lowest BCUT2D eigenvalue weighted by molar-refractivity contribution is -0.105. The van der Waals surface area contributed by atoms with Crippen LogP contribution in [0.1, 0.15) is 42.4 Å². The van der Waals surface area contributed by atoms with Crippen LogP contribution in [0.25, 0.3) is 0 Å². The first kappa shape index (κ1) is 33.3. The molecule has 3 aromatic rings. The van der Waals surface area contributed by atoms with E-state index in [1.807, 2.05) is 37.6 Å². The van der Waals surface area contributed by atoms with Gasteiger partial charge in [-0.3, -0.25) is 9.59 Å². The summed E-state index contributed by atoms with van der Waals surface area (Å²) >= 11 is 7.43. The maximum atomic E-state index is 13.2. The van der Waals surface area contributed by atoms with Gasteiger partial charge in [-0.1, -0.05) is 30.7 Å². The van der Waals surface area contributed by atoms with Gasteiger partial charge in [-0.05, 0) is 75.7 Å². The third-order valence-corrected chi connectivity index (χ3v) is 8.58. The zero-order valence-electron chi connectivity index (χ0n) is 23.4. The van der Waals surface area contributed by atoms with Crippen molar-refractivity contribution in [3.63, 3.8) is 0 Å². The number of amides is 4. The molecular formula is C28H34ClN5O5S2. The van der Waals surface area contributed by atoms with Crippen molar-refractivity contribution in [1.82, 2.24) is 4.72 Å². The van der Waals surface area contributed by atoms with Gasteiger partial charge in [0.05, 0.1) is 22.0 Å². The molecule has 41 heavy (non-hydrogen) atoms. The number of sulfonamides is 1. The minimum atomic E-state index is -4.01. The van der Waals surface area contributed by atoms with Gasteiger partial charge in [0.15, 0.2) is 0 Å². The van der Waals surface area contributed by atoms with Crippen LogP contribution < -0.4 is 25.6 Å². The van der Waals surface area contributed by atoms with Crippen LogP contribution in [0.5, 0.6) is 0 Å². The number of rotatable bonds is 10. The Morgan fingerprint density at radius 3 is 2.27 bits per heavy atom. The van der Waals surface area contributed by atoms with Crippen molar-refractivity contribution >= 4 is 74.1 Å². The van der Waals surface area contributed by atoms with Gasteiger partial charge >= 0.3 is 6.03 Å². The van der Waals surface area contributed by atoms with Crippen LogP contribution in [0, 0.1) is 6.92 Å². The van der Waals surface area contributed by atoms with E-state index in [4.69, 9.17) is 11.6 Å². The van der Waals surface area contributed by atoms with Crippen molar-refractivity contribution < 1.29 is 22.8 Å². The molecule has 4 N–H and O–H groups in total. The van der Waals surface area contributed by atoms with E-state index in [-0.39, 0.29) is 20.5 Å². The number of hydrogen-bond donors (Lipinski definition) is 4. The van der Waals surface area contributed by atoms with Crippen molar-refractivity contribution in [1.29, 1.82) is 0 Å². The first-order valence-corrected chi connectivity index (χ1v) is 15.3. The normalized spacial score (nSPS) is 10.8. The fourth-order valence-electron chi connectivity index (χ4n) is 3.33. The van der Waals surface area contributed by atoms with E-state index in [9.17, 15) is 22.8 Å². The second-order valence-corrected chi connectivity index (χ2v) is 12.2. The Morgan fingerprint density at radius 1 is 1.02 bits per heavy atom. The van der Waals surface area contributed by atoms with Crippen molar-refractivity contribution in [3.8, 4) is 0 Å². The molecule has 0 aliphatic carbocycles. The smallest absolute Gasteiger partial charge is 0.333 e. The monoisotopic (exact) mass is 619 g/mol. The molecule has 0 fully saturated rings. The third-order valence-electron chi connectivity index (χ3n) is 5.46. The Kier molecular flexibility index (Phi) is 12.8. The predicted molar refractivity (Wildman–Crippen MR) is 168 cm³/mol. The van der Waals surface area contributed by atoms with Gasteiger partial charge in [-0.2, -0.15) is 0 Å². The van der Waals surface area contributed by atoms with Crippen LogP contribution >= 0.6 is 22.9 Å². The highest BCUT2D eigenvalue weighted by Crippen LogP contribution is 2.31. The molecule has 0 spiro atoms. The number of allylic oxidation sites excluding steroid dienone is 2. The standard InChI is InChI=1S/C24H26ClN5O5S2.C4H8/c1-4-11-26-16-6-8-18(20(13-16)27-14-31)23(32)30(3)21-9-7-17(12-19(21)25)28-24(33)29-37(34,35)22-10-5-15(2)36-22;1-3-4-2/h5-10,12-14,26H,4,11H2,1-3H3,(H,27,31)(H2,28,29,33);3-4H,1-2H3/b;4-3+. The fourth-order valence-corrected chi connectivity index (χ4v) is 5.82. The molecule has 0 atom stereocenters. The third kappa shape index (κ3) is 9.62. The number of nitrogens with zero attached hydrogens (tertiary/aromatic N) is 1. The number of thiophene rings is 1. The molecule has 0 aliphatic rings. The quantitative estimate of drug-likeness (QED) is 0.152. The lowest BCUT2D eigenvalue weighted by Gasteiger charge is -2.21. The Morgan fingerprint density at radius 2 is 1.71 bits per heavy atom. The van der Waals surface area contributed by atoms with E-state index >= 15 is 0 Å². The number of carbonyl (C=O) groups excluding carboxylic acids is 3. The number of nitrogens with one attached hydrogen (secondary N) is 4. The summed E-state index contributed by atoms with van der Waals surface area (Å²) in [6.45, 7) is 8.52. The summed E-state index contributed by atoms with van der Waals surface area (Å²) < 4.78 is 26.7. The second kappa shape index (κ2) is 15.8. The van der Waals surface area contributed by atoms with Crippen LogP contribution in [0.3, 0.4) is 0 Å². The Balaban J connectivity index is 0.00000138. The molecule has 0 unspecified atom stereocenters. The zero-order chi connectivity index (χ0) is 30.6. The summed E-state index contributed by atoms with van der Waals surface area (Å²) in [5, 5.41) is 8.31. The largest absolute Gasteiger partial charge is 0.385 e. The molecule has 1 aromatic heterocycles. The molecule has 10 nitrogen and oxygen atoms in total. The molecule has 220 valence electrons. The van der Waals surface area contributed by atoms with Crippen LogP contribution in [0.4, 0.5) is 27.5 Å². The van der Waals surface area contributed by atoms with Crippen LogP contribution in [-0.2, 0) is 14.8 Å². The lowest BCUT2D eigenvalue weighted by atomic mass is 10.1. The molecule has 0 radical (unpaired) electrons. The van der Waals surface area contributed by atoms with Gasteiger partial charge in [0.1, 0.15) is 4.21 Å². The van der Waals surface area contributed by atoms with Gasteiger partial charge in [-0.25, -0.2) is 17.9 Å². The number of hydrogen-bond acceptors (Lipinski definition) is 7. The molecule has 0 saturated heterocycles. The molecule has 13 heteroatoms. The van der Waals surface area contributed by atoms with Crippen molar-refractivity contribution in [2.24, 2.45) is 0 Å². The van der Waals surface area contributed by atoms with Crippen molar-refractivity contribution in [3.05, 3.63) is 76.1 Å². The molecule has 4 amide bonds. The average molecular weight is 620 g/mol. The highest BCUT2D eigenvalue weighted by Gasteiger charge is 2.22. The number of aryl methyl sites for hydroxylation is 1. The summed E-state index contributed by atoms with van der Waals surface area (Å²) in [5.41, 5.74) is 1.90. The van der Waals surface area contributed by atoms with Crippen LogP contribution in [0.2, 0.25) is 5.02 Å². The van der Waals surface area contributed by atoms with Crippen LogP contribution in [0.15, 0.2) is 64.9 Å². The van der Waals surface area contributed by atoms with Gasteiger partial charge in [0, 0.05) is 29.8 Å². The fraction of sp³-hybridized carbons (Fsp3) is 0.250. The van der Waals surface area contributed by atoms with Gasteiger partial charge in [0.2, 0.25) is 6.41 Å². The Bertz CT molecular complexity index is 1500. The SMILES string of the molecule is C/C=C/C.CCCNc1ccc(C(=O)N(C)c2ccc(NC(=O)NS(=O)(=O)c3ccc(C)s3)cc2Cl)c(NC=O)c1. The number of benzene rings is 2. The van der Waals surface area contributed by atoms with E-state index in [1.54, 1.807) is 31.2 Å². The highest BCUT2D eigenvalue weighted by molar-refractivity contribution is 7.92. The predicted octanol–water partition coefficient (Wildman–Crippen LogP) is 6.47. The lowest BCUT2D eigenvalue weighted by Crippen LogP contribution is -2.34. The second-order valence-electron chi connectivity index (χ2n) is 8.57. The first-order valence-electron chi connectivity index (χ1n) is 12.6. The molecule has 0 bridgehead atoms. The number of anilines is 4. The summed E-state index contributed by atoms with van der Waals surface area (Å²) in [5.74, 6) is -0.427. The summed E-state index contributed by atoms with van der Waals surface area (Å²) in [6, 6.07) is 11.5. The van der Waals surface area contributed by atoms with E-state index in [0.717, 1.165) is 34.9 Å². The maximum absolute atomic E-state index is 13.2. The summed E-state index contributed by atoms with van der Waals surface area (Å²) in [4.78, 5) is 38.7. The van der Waals surface area contributed by atoms with Gasteiger partial charge in [-0.15, -0.1) is 11.3 Å². The summed E-state index contributed by atoms with van der Waals surface area (Å²) in [6.07, 6.45) is 5.41. The highest BCUT2D eigenvalue weighted by atomic mass is 35.5. The number of carbonyl (C=O) groups is 3. The van der Waals surface area contributed by atoms with E-state index in [1.165, 1.54) is 36.2 Å².